The van der Waals surface area contributed by atoms with Crippen molar-refractivity contribution in [1.29, 1.82) is 0 Å². The summed E-state index contributed by atoms with van der Waals surface area (Å²) in [5.74, 6) is -0.0000400. The second-order valence-electron chi connectivity index (χ2n) is 8.61. The SMILES string of the molecule is Nc1nc2c(ncn2[C@@H]2O[C@@H]3CO[P@@](=O)(S)OCCn4c(nc5cncnc54)CO[P@](=O)(S)O[C@@H]2[C@@H]3F)c(=O)[nH]1. The summed E-state index contributed by atoms with van der Waals surface area (Å²) in [7, 11) is 0. The van der Waals surface area contributed by atoms with Crippen molar-refractivity contribution in [3.05, 3.63) is 35.0 Å². The molecule has 2 aliphatic heterocycles. The summed E-state index contributed by atoms with van der Waals surface area (Å²) in [5.41, 5.74) is 5.65. The number of H-pyrrole nitrogens is 1. The highest BCUT2D eigenvalue weighted by Gasteiger charge is 2.51. The highest BCUT2D eigenvalue weighted by Crippen LogP contribution is 2.58. The first-order valence-electron chi connectivity index (χ1n) is 11.5. The first-order chi connectivity index (χ1) is 19.0. The number of fused-ring (bicyclic) bond motifs is 6. The third-order valence-electron chi connectivity index (χ3n) is 6.06. The third kappa shape index (κ3) is 5.31. The molecule has 0 aromatic carbocycles. The monoisotopic (exact) mass is 635 g/mol. The van der Waals surface area contributed by atoms with E-state index in [9.17, 15) is 13.9 Å². The van der Waals surface area contributed by atoms with Crippen LogP contribution in [-0.4, -0.2) is 70.6 Å². The van der Waals surface area contributed by atoms with Crippen molar-refractivity contribution in [3.8, 4) is 0 Å². The lowest BCUT2D eigenvalue weighted by Crippen LogP contribution is -2.31. The molecular formula is C18H20FN9O8P2S2. The minimum atomic E-state index is -4.30. The Bertz CT molecular complexity index is 1750. The number of halogens is 1. The fourth-order valence-electron chi connectivity index (χ4n) is 4.34. The fraction of sp³-hybridized carbons (Fsp3) is 0.444. The molecule has 6 atom stereocenters. The molecule has 2 bridgehead atoms. The van der Waals surface area contributed by atoms with Crippen molar-refractivity contribution < 1.29 is 36.4 Å². The van der Waals surface area contributed by atoms with Gasteiger partial charge in [0.05, 0.1) is 25.7 Å². The standard InChI is InChI=1S/C18H20FN9O8P2S2/c19-11-9-4-33-37(30,39)32-2-1-27-10(24-8-3-21-6-22-14(8)27)5-34-38(31,40)36-13(11)17(35-9)28-7-23-12-15(28)25-18(20)26-16(12)29/h3,6-7,9,11,13,17H,1-2,4-5H2,(H,30,39)(H,31,40)(H3,20,25,26,29)/t9-,11-,13-,17-,37+,38+/m1/s1. The van der Waals surface area contributed by atoms with Gasteiger partial charge in [0.2, 0.25) is 5.95 Å². The molecule has 0 spiro atoms. The third-order valence-corrected chi connectivity index (χ3v) is 9.33. The summed E-state index contributed by atoms with van der Waals surface area (Å²) < 4.78 is 72.2. The number of nitrogens with zero attached hydrogens (tertiary/aromatic N) is 7. The van der Waals surface area contributed by atoms with Crippen molar-refractivity contribution in [2.24, 2.45) is 0 Å². The van der Waals surface area contributed by atoms with Crippen molar-refractivity contribution in [2.75, 3.05) is 18.9 Å². The van der Waals surface area contributed by atoms with Crippen LogP contribution in [0.3, 0.4) is 0 Å². The molecular weight excluding hydrogens is 615 g/mol. The molecule has 22 heteroatoms. The van der Waals surface area contributed by atoms with E-state index in [1.54, 1.807) is 4.57 Å². The number of hydrogen-bond donors (Lipinski definition) is 4. The van der Waals surface area contributed by atoms with E-state index >= 15 is 4.39 Å². The lowest BCUT2D eigenvalue weighted by atomic mass is 10.1. The predicted octanol–water partition coefficient (Wildman–Crippen LogP) is 1.80. The first-order valence-corrected chi connectivity index (χ1v) is 16.8. The molecule has 0 unspecified atom stereocenters. The Hall–Kier alpha value is -2.41. The van der Waals surface area contributed by atoms with E-state index in [4.69, 9.17) is 28.6 Å². The largest absolute Gasteiger partial charge is 0.387 e. The second-order valence-corrected chi connectivity index (χ2v) is 14.4. The highest BCUT2D eigenvalue weighted by atomic mass is 32.7. The van der Waals surface area contributed by atoms with Gasteiger partial charge in [0.25, 0.3) is 5.56 Å². The number of ether oxygens (including phenoxy) is 1. The number of imidazole rings is 2. The molecule has 2 aliphatic rings. The minimum absolute atomic E-state index is 0.0593. The molecule has 3 N–H and O–H groups in total. The van der Waals surface area contributed by atoms with Crippen LogP contribution < -0.4 is 11.3 Å². The molecule has 4 aromatic heterocycles. The van der Waals surface area contributed by atoms with E-state index in [-0.39, 0.29) is 36.1 Å². The van der Waals surface area contributed by atoms with Gasteiger partial charge in [0, 0.05) is 6.54 Å². The number of rotatable bonds is 1. The van der Waals surface area contributed by atoms with Crippen molar-refractivity contribution in [2.45, 2.75) is 37.8 Å². The molecule has 214 valence electrons. The Morgan fingerprint density at radius 3 is 2.77 bits per heavy atom. The van der Waals surface area contributed by atoms with Gasteiger partial charge in [-0.25, -0.2) is 33.5 Å². The Morgan fingerprint density at radius 2 is 1.95 bits per heavy atom. The van der Waals surface area contributed by atoms with Gasteiger partial charge in [-0.2, -0.15) is 4.98 Å². The van der Waals surface area contributed by atoms with Crippen LogP contribution in [0.25, 0.3) is 22.3 Å². The van der Waals surface area contributed by atoms with E-state index in [2.05, 4.69) is 54.4 Å². The molecule has 0 saturated carbocycles. The summed E-state index contributed by atoms with van der Waals surface area (Å²) in [6.07, 6.45) is -2.56. The Morgan fingerprint density at radius 1 is 1.12 bits per heavy atom. The Kier molecular flexibility index (Phi) is 7.25. The Labute approximate surface area is 233 Å². The van der Waals surface area contributed by atoms with Crippen LogP contribution in [0.1, 0.15) is 12.1 Å². The number of aromatic nitrogens is 8. The Balaban J connectivity index is 1.38. The average Bonchev–Trinajstić information content (AvgIpc) is 3.55. The maximum atomic E-state index is 15.8. The van der Waals surface area contributed by atoms with E-state index in [0.717, 1.165) is 6.33 Å². The normalized spacial score (nSPS) is 32.1. The summed E-state index contributed by atoms with van der Waals surface area (Å²) >= 11 is 8.02. The van der Waals surface area contributed by atoms with Crippen molar-refractivity contribution in [1.82, 2.24) is 39.0 Å². The van der Waals surface area contributed by atoms with Gasteiger partial charge in [0.15, 0.2) is 29.2 Å². The fourth-order valence-corrected chi connectivity index (χ4v) is 6.87. The molecule has 0 amide bonds. The summed E-state index contributed by atoms with van der Waals surface area (Å²) in [5, 5.41) is 0. The molecule has 0 radical (unpaired) electrons. The van der Waals surface area contributed by atoms with E-state index in [1.165, 1.54) is 17.1 Å². The van der Waals surface area contributed by atoms with Gasteiger partial charge < -0.3 is 15.0 Å². The van der Waals surface area contributed by atoms with E-state index in [1.807, 2.05) is 0 Å². The van der Waals surface area contributed by atoms with E-state index in [0.29, 0.717) is 11.2 Å². The molecule has 17 nitrogen and oxygen atoms in total. The number of nitrogen functional groups attached to an aromatic ring is 1. The minimum Gasteiger partial charge on any atom is -0.369 e. The summed E-state index contributed by atoms with van der Waals surface area (Å²) in [4.78, 5) is 35.1. The lowest BCUT2D eigenvalue weighted by Gasteiger charge is -2.24. The lowest BCUT2D eigenvalue weighted by molar-refractivity contribution is -0.0444. The van der Waals surface area contributed by atoms with Gasteiger partial charge in [-0.1, -0.05) is 24.5 Å². The van der Waals surface area contributed by atoms with Crippen LogP contribution in [0.2, 0.25) is 0 Å². The van der Waals surface area contributed by atoms with Crippen molar-refractivity contribution in [3.63, 3.8) is 0 Å². The summed E-state index contributed by atoms with van der Waals surface area (Å²) in [6, 6.07) is 0. The number of hydrogen-bond acceptors (Lipinski definition) is 14. The smallest absolute Gasteiger partial charge is 0.369 e. The van der Waals surface area contributed by atoms with E-state index < -0.39 is 57.0 Å². The molecule has 6 heterocycles. The van der Waals surface area contributed by atoms with Crippen LogP contribution in [0.15, 0.2) is 23.6 Å². The first kappa shape index (κ1) is 27.7. The summed E-state index contributed by atoms with van der Waals surface area (Å²) in [6.45, 7) is -9.38. The zero-order chi connectivity index (χ0) is 28.2. The molecule has 40 heavy (non-hydrogen) atoms. The molecule has 4 aromatic rings. The number of thiol groups is 2. The number of alkyl halides is 1. The van der Waals surface area contributed by atoms with Gasteiger partial charge in [-0.3, -0.25) is 32.4 Å². The number of nitrogens with one attached hydrogen (secondary N) is 1. The number of nitrogens with two attached hydrogens (primary N) is 1. The van der Waals surface area contributed by atoms with Crippen molar-refractivity contribution >= 4 is 66.4 Å². The van der Waals surface area contributed by atoms with Gasteiger partial charge in [-0.15, -0.1) is 0 Å². The van der Waals surface area contributed by atoms with Gasteiger partial charge in [-0.05, 0) is 0 Å². The highest BCUT2D eigenvalue weighted by molar-refractivity contribution is 8.44. The zero-order valence-corrected chi connectivity index (χ0v) is 23.6. The number of aromatic amines is 1. The van der Waals surface area contributed by atoms with Gasteiger partial charge in [0.1, 0.15) is 36.5 Å². The zero-order valence-electron chi connectivity index (χ0n) is 20.0. The molecule has 1 fully saturated rings. The van der Waals surface area contributed by atoms with Crippen LogP contribution in [0.4, 0.5) is 10.3 Å². The molecule has 0 aliphatic carbocycles. The second kappa shape index (κ2) is 10.5. The molecule has 1 saturated heterocycles. The van der Waals surface area contributed by atoms with Crippen LogP contribution in [-0.2, 0) is 45.1 Å². The average molecular weight is 635 g/mol. The van der Waals surface area contributed by atoms with Crippen LogP contribution >= 0.6 is 38.1 Å². The maximum absolute atomic E-state index is 15.8. The quantitative estimate of drug-likeness (QED) is 0.173. The maximum Gasteiger partial charge on any atom is 0.387 e. The topological polar surface area (TPSA) is 213 Å². The number of anilines is 1. The van der Waals surface area contributed by atoms with Crippen LogP contribution in [0.5, 0.6) is 0 Å². The predicted molar refractivity (Wildman–Crippen MR) is 141 cm³/mol. The van der Waals surface area contributed by atoms with Crippen LogP contribution in [0, 0.1) is 0 Å². The van der Waals surface area contributed by atoms with Gasteiger partial charge >= 0.3 is 13.6 Å². The molecule has 6 rings (SSSR count).